The summed E-state index contributed by atoms with van der Waals surface area (Å²) in [4.78, 5) is 26.0. The first-order valence-corrected chi connectivity index (χ1v) is 8.41. The number of nitrogens with one attached hydrogen (secondary N) is 2. The van der Waals surface area contributed by atoms with E-state index in [-0.39, 0.29) is 23.8 Å². The molecule has 132 valence electrons. The molecule has 2 amide bonds. The van der Waals surface area contributed by atoms with Crippen LogP contribution in [0.2, 0.25) is 0 Å². The van der Waals surface area contributed by atoms with E-state index in [0.717, 1.165) is 37.2 Å². The Labute approximate surface area is 143 Å². The summed E-state index contributed by atoms with van der Waals surface area (Å²) in [5.74, 6) is 0.939. The Hall–Kier alpha value is -2.08. The maximum atomic E-state index is 12.3. The monoisotopic (exact) mass is 333 g/mol. The van der Waals surface area contributed by atoms with E-state index >= 15 is 0 Å². The van der Waals surface area contributed by atoms with Gasteiger partial charge in [-0.1, -0.05) is 18.2 Å². The third-order valence-corrected chi connectivity index (χ3v) is 4.55. The van der Waals surface area contributed by atoms with Crippen LogP contribution in [-0.2, 0) is 9.59 Å². The molecule has 1 aliphatic heterocycles. The van der Waals surface area contributed by atoms with Gasteiger partial charge in [-0.25, -0.2) is 0 Å². The molecule has 1 heterocycles. The molecule has 1 aromatic carbocycles. The van der Waals surface area contributed by atoms with Crippen LogP contribution in [0.5, 0.6) is 5.75 Å². The van der Waals surface area contributed by atoms with E-state index < -0.39 is 0 Å². The average molecular weight is 333 g/mol. The average Bonchev–Trinajstić information content (AvgIpc) is 2.61. The molecule has 0 spiro atoms. The number of carbonyl (C=O) groups is 2. The van der Waals surface area contributed by atoms with Gasteiger partial charge >= 0.3 is 0 Å². The predicted octanol–water partition coefficient (Wildman–Crippen LogP) is 1.33. The highest BCUT2D eigenvalue weighted by molar-refractivity contribution is 5.79. The van der Waals surface area contributed by atoms with Crippen molar-refractivity contribution in [3.8, 4) is 5.75 Å². The SMILES string of the molecule is CNC(=O)C1CCN(CC(=O)NC(C)c2ccccc2OC)CC1. The van der Waals surface area contributed by atoms with Crippen molar-refractivity contribution in [2.24, 2.45) is 5.92 Å². The first kappa shape index (κ1) is 18.3. The molecular formula is C18H27N3O3. The summed E-state index contributed by atoms with van der Waals surface area (Å²) in [7, 11) is 3.30. The predicted molar refractivity (Wildman–Crippen MR) is 92.8 cm³/mol. The Morgan fingerprint density at radius 1 is 1.29 bits per heavy atom. The molecule has 0 radical (unpaired) electrons. The fraction of sp³-hybridized carbons (Fsp3) is 0.556. The van der Waals surface area contributed by atoms with Crippen LogP contribution in [0.4, 0.5) is 0 Å². The lowest BCUT2D eigenvalue weighted by atomic mass is 9.96. The van der Waals surface area contributed by atoms with Crippen LogP contribution in [0, 0.1) is 5.92 Å². The molecule has 1 aromatic rings. The molecule has 0 bridgehead atoms. The number of hydrogen-bond donors (Lipinski definition) is 2. The minimum absolute atomic E-state index is 0.00759. The number of amides is 2. The second-order valence-corrected chi connectivity index (χ2v) is 6.20. The van der Waals surface area contributed by atoms with Crippen molar-refractivity contribution in [3.63, 3.8) is 0 Å². The third kappa shape index (κ3) is 4.71. The Balaban J connectivity index is 1.82. The number of piperidine rings is 1. The van der Waals surface area contributed by atoms with E-state index in [2.05, 4.69) is 15.5 Å². The van der Waals surface area contributed by atoms with Crippen LogP contribution < -0.4 is 15.4 Å². The minimum atomic E-state index is -0.114. The van der Waals surface area contributed by atoms with E-state index in [0.29, 0.717) is 6.54 Å². The smallest absolute Gasteiger partial charge is 0.234 e. The second-order valence-electron chi connectivity index (χ2n) is 6.20. The fourth-order valence-electron chi connectivity index (χ4n) is 3.15. The van der Waals surface area contributed by atoms with Gasteiger partial charge in [0.1, 0.15) is 5.75 Å². The molecule has 6 nitrogen and oxygen atoms in total. The highest BCUT2D eigenvalue weighted by atomic mass is 16.5. The summed E-state index contributed by atoms with van der Waals surface area (Å²) in [5, 5.41) is 5.72. The van der Waals surface area contributed by atoms with Crippen molar-refractivity contribution >= 4 is 11.8 Å². The molecule has 6 heteroatoms. The Morgan fingerprint density at radius 2 is 1.96 bits per heavy atom. The molecule has 0 saturated carbocycles. The van der Waals surface area contributed by atoms with Crippen molar-refractivity contribution in [2.45, 2.75) is 25.8 Å². The fourth-order valence-corrected chi connectivity index (χ4v) is 3.15. The van der Waals surface area contributed by atoms with Gasteiger partial charge in [0.05, 0.1) is 19.7 Å². The van der Waals surface area contributed by atoms with E-state index in [1.807, 2.05) is 31.2 Å². The zero-order chi connectivity index (χ0) is 17.5. The van der Waals surface area contributed by atoms with Gasteiger partial charge in [-0.3, -0.25) is 14.5 Å². The quantitative estimate of drug-likeness (QED) is 0.824. The number of carbonyl (C=O) groups excluding carboxylic acids is 2. The van der Waals surface area contributed by atoms with Gasteiger partial charge in [-0.05, 0) is 38.9 Å². The second kappa shape index (κ2) is 8.68. The molecule has 1 unspecified atom stereocenters. The molecule has 24 heavy (non-hydrogen) atoms. The summed E-state index contributed by atoms with van der Waals surface area (Å²) in [6, 6.07) is 7.58. The number of benzene rings is 1. The number of methoxy groups -OCH3 is 1. The van der Waals surface area contributed by atoms with Crippen molar-refractivity contribution in [3.05, 3.63) is 29.8 Å². The first-order valence-electron chi connectivity index (χ1n) is 8.41. The third-order valence-electron chi connectivity index (χ3n) is 4.55. The van der Waals surface area contributed by atoms with Crippen molar-refractivity contribution in [2.75, 3.05) is 33.8 Å². The number of para-hydroxylation sites is 1. The van der Waals surface area contributed by atoms with Crippen LogP contribution in [0.25, 0.3) is 0 Å². The Bertz CT molecular complexity index is 568. The number of hydrogen-bond acceptors (Lipinski definition) is 4. The zero-order valence-electron chi connectivity index (χ0n) is 14.7. The molecular weight excluding hydrogens is 306 g/mol. The van der Waals surface area contributed by atoms with Crippen LogP contribution in [0.15, 0.2) is 24.3 Å². The minimum Gasteiger partial charge on any atom is -0.496 e. The van der Waals surface area contributed by atoms with Gasteiger partial charge in [0.25, 0.3) is 0 Å². The van der Waals surface area contributed by atoms with E-state index in [4.69, 9.17) is 4.74 Å². The summed E-state index contributed by atoms with van der Waals surface area (Å²) in [6.45, 7) is 3.86. The molecule has 1 atom stereocenters. The molecule has 0 aliphatic carbocycles. The van der Waals surface area contributed by atoms with Crippen LogP contribution >= 0.6 is 0 Å². The molecule has 1 saturated heterocycles. The Morgan fingerprint density at radius 3 is 2.58 bits per heavy atom. The van der Waals surface area contributed by atoms with Gasteiger partial charge in [-0.2, -0.15) is 0 Å². The highest BCUT2D eigenvalue weighted by Gasteiger charge is 2.25. The number of likely N-dealkylation sites (tertiary alicyclic amines) is 1. The molecule has 0 aromatic heterocycles. The molecule has 1 aliphatic rings. The van der Waals surface area contributed by atoms with Gasteiger partial charge in [-0.15, -0.1) is 0 Å². The van der Waals surface area contributed by atoms with Crippen molar-refractivity contribution < 1.29 is 14.3 Å². The van der Waals surface area contributed by atoms with Crippen molar-refractivity contribution in [1.29, 1.82) is 0 Å². The molecule has 2 rings (SSSR count). The molecule has 2 N–H and O–H groups in total. The van der Waals surface area contributed by atoms with Crippen LogP contribution in [0.3, 0.4) is 0 Å². The number of nitrogens with zero attached hydrogens (tertiary/aromatic N) is 1. The van der Waals surface area contributed by atoms with E-state index in [9.17, 15) is 9.59 Å². The highest BCUT2D eigenvalue weighted by Crippen LogP contribution is 2.24. The van der Waals surface area contributed by atoms with Crippen LogP contribution in [0.1, 0.15) is 31.4 Å². The van der Waals surface area contributed by atoms with Gasteiger partial charge in [0.15, 0.2) is 0 Å². The Kier molecular flexibility index (Phi) is 6.61. The zero-order valence-corrected chi connectivity index (χ0v) is 14.7. The van der Waals surface area contributed by atoms with Gasteiger partial charge in [0.2, 0.25) is 11.8 Å². The topological polar surface area (TPSA) is 70.7 Å². The van der Waals surface area contributed by atoms with Gasteiger partial charge < -0.3 is 15.4 Å². The van der Waals surface area contributed by atoms with Crippen LogP contribution in [-0.4, -0.2) is 50.5 Å². The summed E-state index contributed by atoms with van der Waals surface area (Å²) >= 11 is 0. The largest absolute Gasteiger partial charge is 0.496 e. The summed E-state index contributed by atoms with van der Waals surface area (Å²) in [6.07, 6.45) is 1.60. The van der Waals surface area contributed by atoms with Gasteiger partial charge in [0, 0.05) is 18.5 Å². The van der Waals surface area contributed by atoms with E-state index in [1.54, 1.807) is 14.2 Å². The lowest BCUT2D eigenvalue weighted by Crippen LogP contribution is -2.44. The normalized spacial score (nSPS) is 17.1. The van der Waals surface area contributed by atoms with E-state index in [1.165, 1.54) is 0 Å². The lowest BCUT2D eigenvalue weighted by molar-refractivity contribution is -0.126. The standard InChI is InChI=1S/C18H27N3O3/c1-13(15-6-4-5-7-16(15)24-3)20-17(22)12-21-10-8-14(9-11-21)18(23)19-2/h4-7,13-14H,8-12H2,1-3H3,(H,19,23)(H,20,22). The number of ether oxygens (including phenoxy) is 1. The van der Waals surface area contributed by atoms with Crippen molar-refractivity contribution in [1.82, 2.24) is 15.5 Å². The lowest BCUT2D eigenvalue weighted by Gasteiger charge is -2.30. The molecule has 1 fully saturated rings. The maximum Gasteiger partial charge on any atom is 0.234 e. The summed E-state index contributed by atoms with van der Waals surface area (Å²) in [5.41, 5.74) is 0.965. The maximum absolute atomic E-state index is 12.3. The summed E-state index contributed by atoms with van der Waals surface area (Å²) < 4.78 is 5.34. The number of rotatable bonds is 6. The first-order chi connectivity index (χ1) is 11.5.